The second-order valence-corrected chi connectivity index (χ2v) is 7.89. The number of thiazole rings is 1. The van der Waals surface area contributed by atoms with Gasteiger partial charge in [-0.1, -0.05) is 6.92 Å². The van der Waals surface area contributed by atoms with Gasteiger partial charge in [0, 0.05) is 34.6 Å². The van der Waals surface area contributed by atoms with Crippen LogP contribution in [0.25, 0.3) is 0 Å². The topological polar surface area (TPSA) is 93.6 Å². The van der Waals surface area contributed by atoms with Gasteiger partial charge in [0.2, 0.25) is 5.91 Å². The number of aliphatic carboxylic acids is 1. The van der Waals surface area contributed by atoms with Crippen LogP contribution in [0.15, 0.2) is 22.2 Å². The number of fused-ring (bicyclic) bond motifs is 1. The molecule has 1 saturated heterocycles. The van der Waals surface area contributed by atoms with Crippen LogP contribution in [-0.2, 0) is 16.0 Å². The molecule has 0 radical (unpaired) electrons. The van der Waals surface area contributed by atoms with Gasteiger partial charge in [-0.25, -0.2) is 4.98 Å². The third-order valence-electron chi connectivity index (χ3n) is 4.36. The van der Waals surface area contributed by atoms with Gasteiger partial charge in [0.1, 0.15) is 0 Å². The van der Waals surface area contributed by atoms with Crippen LogP contribution >= 0.6 is 23.1 Å². The second kappa shape index (κ2) is 7.88. The first-order valence-corrected chi connectivity index (χ1v) is 9.27. The average molecular weight is 376 g/mol. The van der Waals surface area contributed by atoms with E-state index in [0.29, 0.717) is 10.7 Å². The molecule has 0 aliphatic carbocycles. The van der Waals surface area contributed by atoms with E-state index in [4.69, 9.17) is 0 Å². The number of aromatic nitrogens is 1. The molecule has 6 nitrogen and oxygen atoms in total. The summed E-state index contributed by atoms with van der Waals surface area (Å²) in [5, 5.41) is 24.2. The standard InChI is InChI=1S/C15H18N2O4S2.Na/c1-7-11-10(8(2)18)14(19)17(11)12(15(20)21)13(7)23-5-3-9-16-4-6-22-9;/h4,6-8,10-11,18H,3,5H2,1-2H3,(H,20,21);/q;+1/p-1/t7-,8-,10-,11-;/m1./s1. The van der Waals surface area contributed by atoms with E-state index in [1.807, 2.05) is 12.3 Å². The molecule has 24 heavy (non-hydrogen) atoms. The van der Waals surface area contributed by atoms with Gasteiger partial charge in [-0.15, -0.1) is 23.1 Å². The molecule has 9 heteroatoms. The smallest absolute Gasteiger partial charge is 0.543 e. The molecule has 1 aromatic heterocycles. The Morgan fingerprint density at radius 2 is 2.29 bits per heavy atom. The number of carboxylic acids is 1. The summed E-state index contributed by atoms with van der Waals surface area (Å²) >= 11 is 3.00. The number of β-lactam (4-membered cyclic amide) rings is 1. The molecule has 0 bridgehead atoms. The van der Waals surface area contributed by atoms with E-state index in [9.17, 15) is 19.8 Å². The van der Waals surface area contributed by atoms with Crippen molar-refractivity contribution in [3.8, 4) is 0 Å². The number of aliphatic hydroxyl groups excluding tert-OH is 1. The van der Waals surface area contributed by atoms with Gasteiger partial charge < -0.3 is 19.9 Å². The van der Waals surface area contributed by atoms with Crippen LogP contribution in [-0.4, -0.2) is 44.8 Å². The number of aryl methyl sites for hydroxylation is 1. The fraction of sp³-hybridized carbons (Fsp3) is 0.533. The summed E-state index contributed by atoms with van der Waals surface area (Å²) in [5.41, 5.74) is -0.0199. The van der Waals surface area contributed by atoms with Crippen LogP contribution < -0.4 is 34.7 Å². The quantitative estimate of drug-likeness (QED) is 0.427. The zero-order valence-electron chi connectivity index (χ0n) is 13.8. The van der Waals surface area contributed by atoms with Gasteiger partial charge in [-0.05, 0) is 6.92 Å². The van der Waals surface area contributed by atoms with Crippen molar-refractivity contribution in [2.24, 2.45) is 11.8 Å². The van der Waals surface area contributed by atoms with Crippen LogP contribution in [0, 0.1) is 11.8 Å². The van der Waals surface area contributed by atoms with Gasteiger partial charge in [0.15, 0.2) is 0 Å². The largest absolute Gasteiger partial charge is 1.00 e. The van der Waals surface area contributed by atoms with E-state index >= 15 is 0 Å². The normalized spacial score (nSPS) is 26.7. The van der Waals surface area contributed by atoms with Gasteiger partial charge in [-0.2, -0.15) is 0 Å². The molecule has 3 heterocycles. The van der Waals surface area contributed by atoms with Crippen molar-refractivity contribution >= 4 is 35.0 Å². The van der Waals surface area contributed by atoms with Gasteiger partial charge >= 0.3 is 29.6 Å². The van der Waals surface area contributed by atoms with E-state index in [1.54, 1.807) is 24.5 Å². The molecule has 1 amide bonds. The molecule has 1 fully saturated rings. The predicted molar refractivity (Wildman–Crippen MR) is 85.3 cm³/mol. The first-order chi connectivity index (χ1) is 10.9. The summed E-state index contributed by atoms with van der Waals surface area (Å²) in [4.78, 5) is 29.9. The Hall–Kier alpha value is -0.380. The number of rotatable bonds is 6. The number of carbonyl (C=O) groups excluding carboxylic acids is 2. The fourth-order valence-corrected chi connectivity index (χ4v) is 5.32. The van der Waals surface area contributed by atoms with Gasteiger partial charge in [-0.3, -0.25) is 4.79 Å². The molecular weight excluding hydrogens is 359 g/mol. The first kappa shape index (κ1) is 19.9. The predicted octanol–water partition coefficient (Wildman–Crippen LogP) is -2.76. The minimum atomic E-state index is -1.33. The number of amides is 1. The number of hydrogen-bond acceptors (Lipinski definition) is 7. The fourth-order valence-electron chi connectivity index (χ4n) is 3.33. The number of thioether (sulfide) groups is 1. The van der Waals surface area contributed by atoms with Crippen molar-refractivity contribution in [3.63, 3.8) is 0 Å². The van der Waals surface area contributed by atoms with Crippen molar-refractivity contribution in [3.05, 3.63) is 27.2 Å². The van der Waals surface area contributed by atoms with Gasteiger partial charge in [0.05, 0.1) is 34.7 Å². The molecular formula is C15H17N2NaO4S2. The zero-order valence-corrected chi connectivity index (χ0v) is 17.4. The molecule has 0 aromatic carbocycles. The molecule has 0 unspecified atom stereocenters. The zero-order chi connectivity index (χ0) is 16.7. The first-order valence-electron chi connectivity index (χ1n) is 7.41. The van der Waals surface area contributed by atoms with Crippen LogP contribution in [0.5, 0.6) is 0 Å². The minimum Gasteiger partial charge on any atom is -0.543 e. The van der Waals surface area contributed by atoms with Crippen molar-refractivity contribution in [1.29, 1.82) is 0 Å². The summed E-state index contributed by atoms with van der Waals surface area (Å²) in [5.74, 6) is -1.60. The Bertz CT molecular complexity index is 662. The molecule has 1 aromatic rings. The summed E-state index contributed by atoms with van der Waals surface area (Å²) in [6, 6.07) is -0.280. The maximum atomic E-state index is 12.2. The minimum absolute atomic E-state index is 0. The van der Waals surface area contributed by atoms with Crippen LogP contribution in [0.2, 0.25) is 0 Å². The van der Waals surface area contributed by atoms with Gasteiger partial charge in [0.25, 0.3) is 0 Å². The van der Waals surface area contributed by atoms with E-state index in [1.165, 1.54) is 16.7 Å². The summed E-state index contributed by atoms with van der Waals surface area (Å²) < 4.78 is 0. The maximum absolute atomic E-state index is 12.2. The number of hydrogen-bond donors (Lipinski definition) is 1. The van der Waals surface area contributed by atoms with Crippen molar-refractivity contribution in [2.45, 2.75) is 32.4 Å². The Morgan fingerprint density at radius 3 is 2.83 bits per heavy atom. The molecule has 1 N–H and O–H groups in total. The molecule has 4 atom stereocenters. The van der Waals surface area contributed by atoms with Crippen LogP contribution in [0.4, 0.5) is 0 Å². The van der Waals surface area contributed by atoms with Crippen LogP contribution in [0.1, 0.15) is 18.9 Å². The molecule has 2 aliphatic heterocycles. The number of carboxylic acid groups (broad SMARTS) is 1. The Kier molecular flexibility index (Phi) is 6.55. The average Bonchev–Trinajstić information content (AvgIpc) is 3.05. The third-order valence-corrected chi connectivity index (χ3v) is 6.48. The molecule has 3 rings (SSSR count). The summed E-state index contributed by atoms with van der Waals surface area (Å²) in [6.07, 6.45) is 1.71. The second-order valence-electron chi connectivity index (χ2n) is 5.78. The van der Waals surface area contributed by atoms with E-state index in [2.05, 4.69) is 4.98 Å². The summed E-state index contributed by atoms with van der Waals surface area (Å²) in [7, 11) is 0. The third kappa shape index (κ3) is 3.32. The SMILES string of the molecule is C[C@@H](O)[C@H]1C(=O)N2C(C(=O)[O-])=C(SCCc3nccs3)[C@H](C)[C@H]12.[Na+]. The van der Waals surface area contributed by atoms with E-state index in [-0.39, 0.29) is 53.1 Å². The summed E-state index contributed by atoms with van der Waals surface area (Å²) in [6.45, 7) is 3.47. The molecule has 2 aliphatic rings. The Labute approximate surface area is 170 Å². The van der Waals surface area contributed by atoms with Crippen molar-refractivity contribution in [1.82, 2.24) is 9.88 Å². The van der Waals surface area contributed by atoms with Crippen molar-refractivity contribution in [2.75, 3.05) is 5.75 Å². The number of carbonyl (C=O) groups is 2. The maximum Gasteiger partial charge on any atom is 1.00 e. The molecule has 0 spiro atoms. The molecule has 0 saturated carbocycles. The Balaban J connectivity index is 0.00000208. The van der Waals surface area contributed by atoms with E-state index < -0.39 is 18.0 Å². The van der Waals surface area contributed by atoms with E-state index in [0.717, 1.165) is 11.4 Å². The molecule has 124 valence electrons. The van der Waals surface area contributed by atoms with Crippen LogP contribution in [0.3, 0.4) is 0 Å². The number of nitrogens with zero attached hydrogens (tertiary/aromatic N) is 2. The Morgan fingerprint density at radius 1 is 1.58 bits per heavy atom. The van der Waals surface area contributed by atoms with Crippen molar-refractivity contribution < 1.29 is 49.4 Å². The number of aliphatic hydroxyl groups is 1. The monoisotopic (exact) mass is 376 g/mol.